The fraction of sp³-hybridized carbons (Fsp3) is 0.588. The molecule has 0 unspecified atom stereocenters. The van der Waals surface area contributed by atoms with Crippen LogP contribution in [0.25, 0.3) is 0 Å². The predicted octanol–water partition coefficient (Wildman–Crippen LogP) is 1.60. The van der Waals surface area contributed by atoms with E-state index in [0.717, 1.165) is 57.3 Å². The van der Waals surface area contributed by atoms with E-state index in [1.165, 1.54) is 18.6 Å². The Bertz CT molecular complexity index is 472. The highest BCUT2D eigenvalue weighted by molar-refractivity contribution is 5.79. The lowest BCUT2D eigenvalue weighted by molar-refractivity contribution is 0.0372. The molecule has 0 bridgehead atoms. The minimum Gasteiger partial charge on any atom is -0.379 e. The molecule has 0 aliphatic carbocycles. The molecule has 0 spiro atoms. The summed E-state index contributed by atoms with van der Waals surface area (Å²) in [6.45, 7) is 6.48. The molecule has 2 N–H and O–H groups in total. The van der Waals surface area contributed by atoms with E-state index in [2.05, 4.69) is 20.5 Å². The highest BCUT2D eigenvalue weighted by Gasteiger charge is 2.09. The molecule has 0 aromatic heterocycles. The Morgan fingerprint density at radius 2 is 1.91 bits per heavy atom. The maximum Gasteiger partial charge on any atom is 0.191 e. The van der Waals surface area contributed by atoms with Gasteiger partial charge in [-0.25, -0.2) is 4.39 Å². The van der Waals surface area contributed by atoms with Crippen molar-refractivity contribution in [3.05, 3.63) is 35.6 Å². The van der Waals surface area contributed by atoms with E-state index in [1.54, 1.807) is 19.2 Å². The zero-order chi connectivity index (χ0) is 16.3. The number of unbranched alkanes of at least 4 members (excludes halogenated alkanes) is 1. The van der Waals surface area contributed by atoms with E-state index >= 15 is 0 Å². The second-order valence-corrected chi connectivity index (χ2v) is 5.64. The summed E-state index contributed by atoms with van der Waals surface area (Å²) in [4.78, 5) is 6.65. The maximum absolute atomic E-state index is 12.9. The number of morpholine rings is 1. The first kappa shape index (κ1) is 17.7. The molecular formula is C17H27FN4O. The Morgan fingerprint density at radius 1 is 1.17 bits per heavy atom. The van der Waals surface area contributed by atoms with Crippen molar-refractivity contribution in [3.63, 3.8) is 0 Å². The first-order chi connectivity index (χ1) is 11.3. The topological polar surface area (TPSA) is 48.9 Å². The minimum absolute atomic E-state index is 0.212. The van der Waals surface area contributed by atoms with Gasteiger partial charge in [0.05, 0.1) is 13.2 Å². The van der Waals surface area contributed by atoms with Crippen molar-refractivity contribution in [3.8, 4) is 0 Å². The first-order valence-electron chi connectivity index (χ1n) is 8.27. The molecule has 0 atom stereocenters. The Balaban J connectivity index is 1.56. The van der Waals surface area contributed by atoms with Gasteiger partial charge in [0.25, 0.3) is 0 Å². The summed E-state index contributed by atoms with van der Waals surface area (Å²) in [6.07, 6.45) is 2.27. The van der Waals surface area contributed by atoms with Crippen molar-refractivity contribution < 1.29 is 9.13 Å². The molecule has 23 heavy (non-hydrogen) atoms. The van der Waals surface area contributed by atoms with Crippen LogP contribution in [0.5, 0.6) is 0 Å². The lowest BCUT2D eigenvalue weighted by Gasteiger charge is -2.26. The van der Waals surface area contributed by atoms with Gasteiger partial charge in [-0.3, -0.25) is 9.89 Å². The summed E-state index contributed by atoms with van der Waals surface area (Å²) >= 11 is 0. The molecule has 1 saturated heterocycles. The van der Waals surface area contributed by atoms with Crippen LogP contribution in [0.1, 0.15) is 18.4 Å². The van der Waals surface area contributed by atoms with Crippen LogP contribution in [0.15, 0.2) is 29.3 Å². The van der Waals surface area contributed by atoms with Gasteiger partial charge in [0.2, 0.25) is 0 Å². The fourth-order valence-corrected chi connectivity index (χ4v) is 2.50. The largest absolute Gasteiger partial charge is 0.379 e. The standard InChI is InChI=1S/C17H27FN4O/c1-19-17(21-14-15-4-6-16(18)7-5-15)20-8-2-3-9-22-10-12-23-13-11-22/h4-7H,2-3,8-14H2,1H3,(H2,19,20,21). The monoisotopic (exact) mass is 322 g/mol. The first-order valence-corrected chi connectivity index (χ1v) is 8.27. The zero-order valence-electron chi connectivity index (χ0n) is 13.9. The molecule has 0 amide bonds. The van der Waals surface area contributed by atoms with Crippen LogP contribution in [0.4, 0.5) is 4.39 Å². The van der Waals surface area contributed by atoms with Crippen LogP contribution in [-0.4, -0.2) is 57.3 Å². The summed E-state index contributed by atoms with van der Waals surface area (Å²) in [5, 5.41) is 6.55. The molecule has 1 aliphatic rings. The maximum atomic E-state index is 12.9. The number of nitrogens with one attached hydrogen (secondary N) is 2. The number of guanidine groups is 1. The lowest BCUT2D eigenvalue weighted by atomic mass is 10.2. The van der Waals surface area contributed by atoms with E-state index in [1.807, 2.05) is 0 Å². The summed E-state index contributed by atoms with van der Waals surface area (Å²) in [5.41, 5.74) is 1.03. The van der Waals surface area contributed by atoms with Gasteiger partial charge in [-0.05, 0) is 37.1 Å². The van der Waals surface area contributed by atoms with Gasteiger partial charge in [0.1, 0.15) is 5.82 Å². The van der Waals surface area contributed by atoms with Gasteiger partial charge in [0, 0.05) is 33.2 Å². The number of rotatable bonds is 7. The third-order valence-corrected chi connectivity index (χ3v) is 3.89. The zero-order valence-corrected chi connectivity index (χ0v) is 13.9. The SMILES string of the molecule is CN=C(NCCCCN1CCOCC1)NCc1ccc(F)cc1. The van der Waals surface area contributed by atoms with Crippen molar-refractivity contribution in [2.45, 2.75) is 19.4 Å². The van der Waals surface area contributed by atoms with Gasteiger partial charge < -0.3 is 15.4 Å². The number of benzene rings is 1. The van der Waals surface area contributed by atoms with Crippen LogP contribution in [0.3, 0.4) is 0 Å². The van der Waals surface area contributed by atoms with Crippen LogP contribution >= 0.6 is 0 Å². The normalized spacial score (nSPS) is 16.3. The lowest BCUT2D eigenvalue weighted by Crippen LogP contribution is -2.38. The Hall–Kier alpha value is -1.66. The molecule has 1 aromatic rings. The van der Waals surface area contributed by atoms with Gasteiger partial charge in [-0.15, -0.1) is 0 Å². The number of hydrogen-bond acceptors (Lipinski definition) is 3. The second kappa shape index (κ2) is 10.2. The quantitative estimate of drug-likeness (QED) is 0.455. The summed E-state index contributed by atoms with van der Waals surface area (Å²) in [6, 6.07) is 6.49. The Kier molecular flexibility index (Phi) is 7.83. The molecule has 1 fully saturated rings. The Morgan fingerprint density at radius 3 is 2.61 bits per heavy atom. The van der Waals surface area contributed by atoms with Crippen molar-refractivity contribution >= 4 is 5.96 Å². The second-order valence-electron chi connectivity index (χ2n) is 5.64. The van der Waals surface area contributed by atoms with E-state index < -0.39 is 0 Å². The summed E-state index contributed by atoms with van der Waals surface area (Å²) < 4.78 is 18.2. The van der Waals surface area contributed by atoms with Crippen LogP contribution in [0.2, 0.25) is 0 Å². The molecule has 128 valence electrons. The molecule has 1 aromatic carbocycles. The summed E-state index contributed by atoms with van der Waals surface area (Å²) in [5.74, 6) is 0.567. The molecule has 5 nitrogen and oxygen atoms in total. The van der Waals surface area contributed by atoms with Crippen molar-refractivity contribution in [1.29, 1.82) is 0 Å². The number of halogens is 1. The molecule has 1 aliphatic heterocycles. The van der Waals surface area contributed by atoms with E-state index in [0.29, 0.717) is 6.54 Å². The highest BCUT2D eigenvalue weighted by atomic mass is 19.1. The van der Waals surface area contributed by atoms with E-state index in [4.69, 9.17) is 4.74 Å². The smallest absolute Gasteiger partial charge is 0.191 e. The Labute approximate surface area is 137 Å². The number of hydrogen-bond donors (Lipinski definition) is 2. The van der Waals surface area contributed by atoms with Crippen molar-refractivity contribution in [2.24, 2.45) is 4.99 Å². The molecule has 6 heteroatoms. The summed E-state index contributed by atoms with van der Waals surface area (Å²) in [7, 11) is 1.76. The minimum atomic E-state index is -0.212. The van der Waals surface area contributed by atoms with Gasteiger partial charge in [0.15, 0.2) is 5.96 Å². The van der Waals surface area contributed by atoms with E-state index in [9.17, 15) is 4.39 Å². The van der Waals surface area contributed by atoms with Gasteiger partial charge in [-0.2, -0.15) is 0 Å². The molecule has 0 saturated carbocycles. The third-order valence-electron chi connectivity index (χ3n) is 3.89. The van der Waals surface area contributed by atoms with Crippen LogP contribution in [-0.2, 0) is 11.3 Å². The third kappa shape index (κ3) is 6.97. The molecule has 1 heterocycles. The fourth-order valence-electron chi connectivity index (χ4n) is 2.50. The average Bonchev–Trinajstić information content (AvgIpc) is 2.59. The number of aliphatic imine (C=N–C) groups is 1. The van der Waals surface area contributed by atoms with Crippen LogP contribution in [0, 0.1) is 5.82 Å². The van der Waals surface area contributed by atoms with E-state index in [-0.39, 0.29) is 5.82 Å². The van der Waals surface area contributed by atoms with Gasteiger partial charge in [-0.1, -0.05) is 12.1 Å². The molecule has 2 rings (SSSR count). The van der Waals surface area contributed by atoms with Crippen molar-refractivity contribution in [2.75, 3.05) is 46.4 Å². The average molecular weight is 322 g/mol. The molecule has 0 radical (unpaired) electrons. The number of ether oxygens (including phenoxy) is 1. The molecular weight excluding hydrogens is 295 g/mol. The van der Waals surface area contributed by atoms with Crippen LogP contribution < -0.4 is 10.6 Å². The van der Waals surface area contributed by atoms with Crippen molar-refractivity contribution in [1.82, 2.24) is 15.5 Å². The highest BCUT2D eigenvalue weighted by Crippen LogP contribution is 2.02. The van der Waals surface area contributed by atoms with Gasteiger partial charge >= 0.3 is 0 Å². The number of nitrogens with zero attached hydrogens (tertiary/aromatic N) is 2. The predicted molar refractivity (Wildman–Crippen MR) is 91.1 cm³/mol.